The highest BCUT2D eigenvalue weighted by molar-refractivity contribution is 6.22. The molecule has 9 rings (SSSR count). The van der Waals surface area contributed by atoms with Gasteiger partial charge in [-0.05, 0) is 99.2 Å². The van der Waals surface area contributed by atoms with Gasteiger partial charge in [0.2, 0.25) is 0 Å². The Morgan fingerprint density at radius 3 is 1.91 bits per heavy atom. The molecule has 0 fully saturated rings. The second-order valence-corrected chi connectivity index (χ2v) is 13.5. The van der Waals surface area contributed by atoms with Crippen LogP contribution in [-0.2, 0) is 18.3 Å². The van der Waals surface area contributed by atoms with Gasteiger partial charge in [-0.2, -0.15) is 0 Å². The fourth-order valence-corrected chi connectivity index (χ4v) is 8.45. The number of fused-ring (bicyclic) bond motifs is 6. The summed E-state index contributed by atoms with van der Waals surface area (Å²) >= 11 is 0. The third-order valence-corrected chi connectivity index (χ3v) is 10.6. The fraction of sp³-hybridized carbons (Fsp3) is 0.156. The van der Waals surface area contributed by atoms with Gasteiger partial charge in [0.1, 0.15) is 0 Å². The van der Waals surface area contributed by atoms with E-state index in [1.165, 1.54) is 96.0 Å². The molecule has 46 heavy (non-hydrogen) atoms. The fourth-order valence-electron chi connectivity index (χ4n) is 8.45. The summed E-state index contributed by atoms with van der Waals surface area (Å²) in [4.78, 5) is 2.61. The smallest absolute Gasteiger partial charge is 0.0618 e. The van der Waals surface area contributed by atoms with Crippen LogP contribution >= 0.6 is 0 Å². The molecule has 0 heterocycles. The Morgan fingerprint density at radius 1 is 0.522 bits per heavy atom. The van der Waals surface area contributed by atoms with Crippen molar-refractivity contribution < 1.29 is 0 Å². The first-order valence-corrected chi connectivity index (χ1v) is 16.8. The van der Waals surface area contributed by atoms with Crippen molar-refractivity contribution in [2.75, 3.05) is 4.90 Å². The molecule has 0 amide bonds. The molecule has 1 nitrogen and oxygen atoms in total. The molecule has 0 saturated carbocycles. The minimum Gasteiger partial charge on any atom is -0.309 e. The second kappa shape index (κ2) is 10.5. The van der Waals surface area contributed by atoms with E-state index in [1.807, 2.05) is 0 Å². The molecule has 0 N–H and O–H groups in total. The SMILES string of the molecule is CC1(C)c2ccccc2-c2ccc(N(c3cccc4c3CCCC4)c3c4ccccc4c(-c4ccccc4)c4ccccc34)cc21. The van der Waals surface area contributed by atoms with Crippen molar-refractivity contribution in [1.29, 1.82) is 0 Å². The maximum absolute atomic E-state index is 2.61. The topological polar surface area (TPSA) is 3.24 Å². The Kier molecular flexibility index (Phi) is 6.18. The molecule has 1 heteroatoms. The molecule has 0 unspecified atom stereocenters. The molecule has 0 bridgehead atoms. The number of hydrogen-bond donors (Lipinski definition) is 0. The van der Waals surface area contributed by atoms with Gasteiger partial charge in [0.05, 0.1) is 5.69 Å². The summed E-state index contributed by atoms with van der Waals surface area (Å²) < 4.78 is 0. The minimum atomic E-state index is -0.0783. The zero-order valence-corrected chi connectivity index (χ0v) is 26.6. The minimum absolute atomic E-state index is 0.0783. The molecule has 2 aliphatic carbocycles. The first-order valence-electron chi connectivity index (χ1n) is 16.8. The van der Waals surface area contributed by atoms with Crippen molar-refractivity contribution in [3.8, 4) is 22.3 Å². The van der Waals surface area contributed by atoms with Crippen molar-refractivity contribution in [2.45, 2.75) is 44.9 Å². The van der Waals surface area contributed by atoms with Crippen molar-refractivity contribution in [1.82, 2.24) is 0 Å². The Labute approximate surface area is 271 Å². The molecule has 0 saturated heterocycles. The predicted molar refractivity (Wildman–Crippen MR) is 196 cm³/mol. The molecular formula is C45H37N. The van der Waals surface area contributed by atoms with E-state index in [9.17, 15) is 0 Å². The largest absolute Gasteiger partial charge is 0.309 e. The molecule has 0 atom stereocenters. The average molecular weight is 592 g/mol. The second-order valence-electron chi connectivity index (χ2n) is 13.5. The summed E-state index contributed by atoms with van der Waals surface area (Å²) in [6.45, 7) is 4.77. The third kappa shape index (κ3) is 4.01. The van der Waals surface area contributed by atoms with Crippen LogP contribution in [0.4, 0.5) is 17.1 Å². The maximum atomic E-state index is 2.61. The summed E-state index contributed by atoms with van der Waals surface area (Å²) in [6, 6.07) is 52.2. The Balaban J connectivity index is 1.39. The van der Waals surface area contributed by atoms with Crippen LogP contribution in [0.25, 0.3) is 43.8 Å². The molecule has 0 aromatic heterocycles. The molecule has 0 spiro atoms. The molecule has 7 aromatic carbocycles. The van der Waals surface area contributed by atoms with Gasteiger partial charge in [0, 0.05) is 27.6 Å². The lowest BCUT2D eigenvalue weighted by Crippen LogP contribution is -2.18. The van der Waals surface area contributed by atoms with Gasteiger partial charge in [-0.15, -0.1) is 0 Å². The van der Waals surface area contributed by atoms with Crippen LogP contribution in [0.15, 0.2) is 140 Å². The molecule has 0 aliphatic heterocycles. The Morgan fingerprint density at radius 2 is 1.15 bits per heavy atom. The number of aryl methyl sites for hydroxylation is 1. The highest BCUT2D eigenvalue weighted by Gasteiger charge is 2.36. The van der Waals surface area contributed by atoms with E-state index >= 15 is 0 Å². The summed E-state index contributed by atoms with van der Waals surface area (Å²) in [7, 11) is 0. The average Bonchev–Trinajstić information content (AvgIpc) is 3.34. The lowest BCUT2D eigenvalue weighted by Gasteiger charge is -2.33. The molecule has 2 aliphatic rings. The van der Waals surface area contributed by atoms with Crippen molar-refractivity contribution in [2.24, 2.45) is 0 Å². The summed E-state index contributed by atoms with van der Waals surface area (Å²) in [5, 5.41) is 5.12. The van der Waals surface area contributed by atoms with Crippen LogP contribution in [0.1, 0.15) is 48.9 Å². The van der Waals surface area contributed by atoms with Gasteiger partial charge in [-0.3, -0.25) is 0 Å². The van der Waals surface area contributed by atoms with Crippen LogP contribution in [0.3, 0.4) is 0 Å². The van der Waals surface area contributed by atoms with Gasteiger partial charge >= 0.3 is 0 Å². The Bertz CT molecular complexity index is 2230. The lowest BCUT2D eigenvalue weighted by molar-refractivity contribution is 0.660. The maximum Gasteiger partial charge on any atom is 0.0618 e. The highest BCUT2D eigenvalue weighted by Crippen LogP contribution is 2.53. The third-order valence-electron chi connectivity index (χ3n) is 10.6. The summed E-state index contributed by atoms with van der Waals surface area (Å²) in [5.41, 5.74) is 14.8. The standard InChI is InChI=1S/C45H37N/c1-45(2)40-25-13-12-20-34(40)35-28-27-32(29-41(35)45)46(42-26-14-18-30-15-6-7-19-33(30)42)44-38-23-10-8-21-36(38)43(31-16-4-3-5-17-31)37-22-9-11-24-39(37)44/h3-5,8-14,16-18,20-29H,6-7,15,19H2,1-2H3. The van der Waals surface area contributed by atoms with E-state index in [2.05, 4.69) is 158 Å². The van der Waals surface area contributed by atoms with E-state index in [0.29, 0.717) is 0 Å². The quantitative estimate of drug-likeness (QED) is 0.184. The zero-order valence-electron chi connectivity index (χ0n) is 26.6. The van der Waals surface area contributed by atoms with Crippen LogP contribution in [0.2, 0.25) is 0 Å². The summed E-state index contributed by atoms with van der Waals surface area (Å²) in [5.74, 6) is 0. The molecule has 7 aromatic rings. The van der Waals surface area contributed by atoms with E-state index in [-0.39, 0.29) is 5.41 Å². The van der Waals surface area contributed by atoms with Crippen LogP contribution in [0.5, 0.6) is 0 Å². The van der Waals surface area contributed by atoms with Crippen LogP contribution in [0, 0.1) is 0 Å². The molecule has 0 radical (unpaired) electrons. The number of anilines is 3. The first kappa shape index (κ1) is 27.2. The zero-order chi connectivity index (χ0) is 30.8. The van der Waals surface area contributed by atoms with Crippen molar-refractivity contribution >= 4 is 38.6 Å². The normalized spacial score (nSPS) is 14.6. The van der Waals surface area contributed by atoms with E-state index in [1.54, 1.807) is 0 Å². The molecule has 222 valence electrons. The first-order chi connectivity index (χ1) is 22.6. The Hall–Kier alpha value is -5.14. The van der Waals surface area contributed by atoms with Crippen LogP contribution < -0.4 is 4.90 Å². The monoisotopic (exact) mass is 591 g/mol. The number of benzene rings is 7. The van der Waals surface area contributed by atoms with Gasteiger partial charge in [0.15, 0.2) is 0 Å². The number of nitrogens with zero attached hydrogens (tertiary/aromatic N) is 1. The van der Waals surface area contributed by atoms with Crippen LogP contribution in [-0.4, -0.2) is 0 Å². The molecular weight excluding hydrogens is 555 g/mol. The predicted octanol–water partition coefficient (Wildman–Crippen LogP) is 12.3. The number of rotatable bonds is 4. The van der Waals surface area contributed by atoms with Gasteiger partial charge in [-0.25, -0.2) is 0 Å². The van der Waals surface area contributed by atoms with Gasteiger partial charge in [-0.1, -0.05) is 135 Å². The van der Waals surface area contributed by atoms with E-state index in [4.69, 9.17) is 0 Å². The summed E-state index contributed by atoms with van der Waals surface area (Å²) in [6.07, 6.45) is 4.76. The highest BCUT2D eigenvalue weighted by atomic mass is 15.1. The number of hydrogen-bond acceptors (Lipinski definition) is 1. The lowest BCUT2D eigenvalue weighted by atomic mass is 9.82. The van der Waals surface area contributed by atoms with Crippen molar-refractivity contribution in [3.63, 3.8) is 0 Å². The van der Waals surface area contributed by atoms with E-state index in [0.717, 1.165) is 12.8 Å². The van der Waals surface area contributed by atoms with Gasteiger partial charge in [0.25, 0.3) is 0 Å². The van der Waals surface area contributed by atoms with Gasteiger partial charge < -0.3 is 4.90 Å². The van der Waals surface area contributed by atoms with Crippen molar-refractivity contribution in [3.05, 3.63) is 162 Å². The van der Waals surface area contributed by atoms with E-state index < -0.39 is 0 Å².